The molecule has 23 heavy (non-hydrogen) atoms. The Balaban J connectivity index is 0.00000192. The van der Waals surface area contributed by atoms with Gasteiger partial charge < -0.3 is 15.4 Å². The number of para-hydroxylation sites is 1. The fourth-order valence-electron chi connectivity index (χ4n) is 2.57. The van der Waals surface area contributed by atoms with E-state index in [-0.39, 0.29) is 24.4 Å². The molecule has 1 amide bonds. The van der Waals surface area contributed by atoms with Gasteiger partial charge in [0.05, 0.1) is 0 Å². The fraction of sp³-hybridized carbons (Fsp3) is 0.278. The number of hydrogen-bond donors (Lipinski definition) is 2. The van der Waals surface area contributed by atoms with Crippen molar-refractivity contribution in [1.82, 2.24) is 10.6 Å². The Morgan fingerprint density at radius 1 is 1.09 bits per heavy atom. The minimum absolute atomic E-state index is 0. The van der Waals surface area contributed by atoms with E-state index in [0.29, 0.717) is 11.3 Å². The molecule has 5 heteroatoms. The average Bonchev–Trinajstić information content (AvgIpc) is 2.57. The molecule has 0 saturated carbocycles. The smallest absolute Gasteiger partial charge is 0.251 e. The largest absolute Gasteiger partial charge is 0.457 e. The molecule has 0 aromatic heterocycles. The van der Waals surface area contributed by atoms with Crippen molar-refractivity contribution in [2.75, 3.05) is 13.1 Å². The molecule has 2 aromatic carbocycles. The third kappa shape index (κ3) is 4.98. The van der Waals surface area contributed by atoms with E-state index in [9.17, 15) is 4.79 Å². The van der Waals surface area contributed by atoms with Crippen molar-refractivity contribution in [3.63, 3.8) is 0 Å². The fourth-order valence-corrected chi connectivity index (χ4v) is 2.57. The number of hydrogen-bond acceptors (Lipinski definition) is 3. The molecule has 0 aliphatic carbocycles. The van der Waals surface area contributed by atoms with Crippen molar-refractivity contribution in [1.29, 1.82) is 0 Å². The zero-order valence-corrected chi connectivity index (χ0v) is 13.6. The third-order valence-electron chi connectivity index (χ3n) is 3.71. The summed E-state index contributed by atoms with van der Waals surface area (Å²) in [5, 5.41) is 6.37. The predicted molar refractivity (Wildman–Crippen MR) is 93.6 cm³/mol. The summed E-state index contributed by atoms with van der Waals surface area (Å²) in [6.45, 7) is 1.87. The Bertz CT molecular complexity index is 628. The molecule has 1 aliphatic rings. The molecule has 0 radical (unpaired) electrons. The van der Waals surface area contributed by atoms with E-state index in [1.165, 1.54) is 0 Å². The summed E-state index contributed by atoms with van der Waals surface area (Å²) in [5.41, 5.74) is 0.624. The molecule has 1 fully saturated rings. The lowest BCUT2D eigenvalue weighted by Gasteiger charge is -2.23. The topological polar surface area (TPSA) is 50.4 Å². The van der Waals surface area contributed by atoms with Gasteiger partial charge in [-0.25, -0.2) is 0 Å². The molecule has 0 unspecified atom stereocenters. The second-order valence-corrected chi connectivity index (χ2v) is 5.46. The van der Waals surface area contributed by atoms with Gasteiger partial charge in [0.1, 0.15) is 11.5 Å². The van der Waals surface area contributed by atoms with Crippen LogP contribution in [0.2, 0.25) is 0 Å². The molecule has 2 N–H and O–H groups in total. The Morgan fingerprint density at radius 2 is 1.87 bits per heavy atom. The summed E-state index contributed by atoms with van der Waals surface area (Å²) in [6.07, 6.45) is 2.13. The van der Waals surface area contributed by atoms with Crippen LogP contribution in [0.3, 0.4) is 0 Å². The molecule has 0 bridgehead atoms. The number of nitrogens with one attached hydrogen (secondary N) is 2. The molecule has 1 saturated heterocycles. The first-order chi connectivity index (χ1) is 10.8. The summed E-state index contributed by atoms with van der Waals surface area (Å²) in [5.74, 6) is 1.38. The maximum atomic E-state index is 12.3. The summed E-state index contributed by atoms with van der Waals surface area (Å²) in [7, 11) is 0. The van der Waals surface area contributed by atoms with Gasteiger partial charge in [0.2, 0.25) is 0 Å². The third-order valence-corrected chi connectivity index (χ3v) is 3.71. The van der Waals surface area contributed by atoms with Crippen LogP contribution in [0.15, 0.2) is 54.6 Å². The number of halogens is 1. The van der Waals surface area contributed by atoms with Crippen LogP contribution in [0.1, 0.15) is 23.2 Å². The molecule has 1 heterocycles. The van der Waals surface area contributed by atoms with Crippen LogP contribution < -0.4 is 15.4 Å². The van der Waals surface area contributed by atoms with E-state index in [4.69, 9.17) is 4.74 Å². The first-order valence-corrected chi connectivity index (χ1v) is 7.66. The second kappa shape index (κ2) is 8.56. The van der Waals surface area contributed by atoms with Gasteiger partial charge in [-0.1, -0.05) is 24.3 Å². The second-order valence-electron chi connectivity index (χ2n) is 5.46. The minimum Gasteiger partial charge on any atom is -0.457 e. The van der Waals surface area contributed by atoms with Gasteiger partial charge in [0, 0.05) is 18.2 Å². The molecule has 3 rings (SSSR count). The Hall–Kier alpha value is -2.04. The highest BCUT2D eigenvalue weighted by atomic mass is 35.5. The predicted octanol–water partition coefficient (Wildman–Crippen LogP) is 3.38. The van der Waals surface area contributed by atoms with E-state index in [2.05, 4.69) is 10.6 Å². The van der Waals surface area contributed by atoms with Crippen molar-refractivity contribution >= 4 is 18.3 Å². The highest BCUT2D eigenvalue weighted by Gasteiger charge is 2.16. The summed E-state index contributed by atoms with van der Waals surface area (Å²) < 4.78 is 5.77. The van der Waals surface area contributed by atoms with Crippen LogP contribution in [0.5, 0.6) is 11.5 Å². The lowest BCUT2D eigenvalue weighted by atomic mass is 10.1. The molecular formula is C18H21ClN2O2. The van der Waals surface area contributed by atoms with E-state index < -0.39 is 0 Å². The van der Waals surface area contributed by atoms with Crippen LogP contribution in [0, 0.1) is 0 Å². The van der Waals surface area contributed by atoms with E-state index >= 15 is 0 Å². The van der Waals surface area contributed by atoms with Crippen LogP contribution >= 0.6 is 12.4 Å². The SMILES string of the molecule is Cl.O=C(N[C@H]1CCCNC1)c1cccc(Oc2ccccc2)c1. The average molecular weight is 333 g/mol. The Labute approximate surface area is 142 Å². The van der Waals surface area contributed by atoms with Crippen molar-refractivity contribution < 1.29 is 9.53 Å². The quantitative estimate of drug-likeness (QED) is 0.902. The van der Waals surface area contributed by atoms with Crippen LogP contribution in [-0.4, -0.2) is 25.0 Å². The van der Waals surface area contributed by atoms with Gasteiger partial charge in [-0.05, 0) is 49.7 Å². The molecule has 1 atom stereocenters. The number of carbonyl (C=O) groups excluding carboxylic acids is 1. The summed E-state index contributed by atoms with van der Waals surface area (Å²) >= 11 is 0. The van der Waals surface area contributed by atoms with Crippen LogP contribution in [0.4, 0.5) is 0 Å². The zero-order chi connectivity index (χ0) is 15.2. The minimum atomic E-state index is -0.0489. The lowest BCUT2D eigenvalue weighted by Crippen LogP contribution is -2.45. The van der Waals surface area contributed by atoms with Gasteiger partial charge in [-0.3, -0.25) is 4.79 Å². The molecule has 0 spiro atoms. The monoisotopic (exact) mass is 332 g/mol. The van der Waals surface area contributed by atoms with Crippen molar-refractivity contribution in [2.24, 2.45) is 0 Å². The van der Waals surface area contributed by atoms with Crippen molar-refractivity contribution in [3.05, 3.63) is 60.2 Å². The lowest BCUT2D eigenvalue weighted by molar-refractivity contribution is 0.0930. The number of ether oxygens (including phenoxy) is 1. The number of piperidine rings is 1. The molecular weight excluding hydrogens is 312 g/mol. The van der Waals surface area contributed by atoms with Crippen molar-refractivity contribution in [3.8, 4) is 11.5 Å². The molecule has 1 aliphatic heterocycles. The van der Waals surface area contributed by atoms with Crippen molar-refractivity contribution in [2.45, 2.75) is 18.9 Å². The highest BCUT2D eigenvalue weighted by Crippen LogP contribution is 2.21. The van der Waals surface area contributed by atoms with E-state index in [1.807, 2.05) is 48.5 Å². The summed E-state index contributed by atoms with van der Waals surface area (Å²) in [4.78, 5) is 12.3. The van der Waals surface area contributed by atoms with Gasteiger partial charge in [-0.15, -0.1) is 12.4 Å². The standard InChI is InChI=1S/C18H20N2O2.ClH/c21-18(20-15-7-5-11-19-13-15)14-6-4-10-17(12-14)22-16-8-2-1-3-9-16;/h1-4,6,8-10,12,15,19H,5,7,11,13H2,(H,20,21);1H/t15-;/m0./s1. The van der Waals surface area contributed by atoms with Crippen LogP contribution in [-0.2, 0) is 0 Å². The Kier molecular flexibility index (Phi) is 6.44. The molecule has 2 aromatic rings. The number of carbonyl (C=O) groups is 1. The molecule has 4 nitrogen and oxygen atoms in total. The maximum Gasteiger partial charge on any atom is 0.251 e. The van der Waals surface area contributed by atoms with Gasteiger partial charge in [-0.2, -0.15) is 0 Å². The van der Waals surface area contributed by atoms with E-state index in [0.717, 1.165) is 31.7 Å². The zero-order valence-electron chi connectivity index (χ0n) is 12.8. The van der Waals surface area contributed by atoms with Crippen LogP contribution in [0.25, 0.3) is 0 Å². The maximum absolute atomic E-state index is 12.3. The van der Waals surface area contributed by atoms with E-state index in [1.54, 1.807) is 6.07 Å². The number of amides is 1. The van der Waals surface area contributed by atoms with Gasteiger partial charge in [0.25, 0.3) is 5.91 Å². The first kappa shape index (κ1) is 17.3. The van der Waals surface area contributed by atoms with Gasteiger partial charge >= 0.3 is 0 Å². The summed E-state index contributed by atoms with van der Waals surface area (Å²) in [6, 6.07) is 17.0. The van der Waals surface area contributed by atoms with Gasteiger partial charge in [0.15, 0.2) is 0 Å². The normalized spacial score (nSPS) is 17.0. The number of benzene rings is 2. The number of rotatable bonds is 4. The molecule has 122 valence electrons. The first-order valence-electron chi connectivity index (χ1n) is 7.66. The highest BCUT2D eigenvalue weighted by molar-refractivity contribution is 5.94. The Morgan fingerprint density at radius 3 is 2.61 bits per heavy atom.